The van der Waals surface area contributed by atoms with Crippen molar-refractivity contribution < 1.29 is 53.7 Å². The number of hydrogen-bond donors (Lipinski definition) is 6. The molecule has 2 aliphatic heterocycles. The summed E-state index contributed by atoms with van der Waals surface area (Å²) in [6.45, 7) is -0.374. The molecule has 2 heterocycles. The first-order valence-corrected chi connectivity index (χ1v) is 15.0. The van der Waals surface area contributed by atoms with E-state index in [1.807, 2.05) is 60.7 Å². The van der Waals surface area contributed by atoms with Crippen LogP contribution in [0.4, 0.5) is 0 Å². The molecule has 46 heavy (non-hydrogen) atoms. The summed E-state index contributed by atoms with van der Waals surface area (Å²) in [7, 11) is 0. The van der Waals surface area contributed by atoms with E-state index in [4.69, 9.17) is 34.3 Å². The molecule has 3 aromatic carbocycles. The van der Waals surface area contributed by atoms with Crippen molar-refractivity contribution in [2.75, 3.05) is 13.2 Å². The summed E-state index contributed by atoms with van der Waals surface area (Å²) in [6, 6.07) is 26.2. The molecule has 2 saturated heterocycles. The van der Waals surface area contributed by atoms with Crippen molar-refractivity contribution in [1.82, 2.24) is 5.48 Å². The van der Waals surface area contributed by atoms with Gasteiger partial charge >= 0.3 is 0 Å². The van der Waals surface area contributed by atoms with E-state index in [9.17, 15) is 25.2 Å². The van der Waals surface area contributed by atoms with Gasteiger partial charge in [-0.3, -0.25) is 4.79 Å². The van der Waals surface area contributed by atoms with Gasteiger partial charge in [0.05, 0.1) is 32.5 Å². The van der Waals surface area contributed by atoms with Crippen molar-refractivity contribution in [3.8, 4) is 0 Å². The maximum absolute atomic E-state index is 12.8. The van der Waals surface area contributed by atoms with Crippen molar-refractivity contribution >= 4 is 5.91 Å². The van der Waals surface area contributed by atoms with E-state index in [2.05, 4.69) is 5.48 Å². The van der Waals surface area contributed by atoms with Gasteiger partial charge in [0.2, 0.25) is 6.29 Å². The van der Waals surface area contributed by atoms with Crippen LogP contribution in [0.1, 0.15) is 21.5 Å². The van der Waals surface area contributed by atoms with E-state index in [0.29, 0.717) is 5.56 Å². The summed E-state index contributed by atoms with van der Waals surface area (Å²) in [5.74, 6) is -0.519. The third-order valence-electron chi connectivity index (χ3n) is 7.82. The van der Waals surface area contributed by atoms with Gasteiger partial charge in [0, 0.05) is 5.56 Å². The lowest BCUT2D eigenvalue weighted by Gasteiger charge is -2.47. The second kappa shape index (κ2) is 16.5. The van der Waals surface area contributed by atoms with Crippen molar-refractivity contribution in [3.63, 3.8) is 0 Å². The van der Waals surface area contributed by atoms with Crippen molar-refractivity contribution in [1.29, 1.82) is 0 Å². The molecule has 0 unspecified atom stereocenters. The van der Waals surface area contributed by atoms with Crippen LogP contribution in [0.3, 0.4) is 0 Å². The lowest BCUT2D eigenvalue weighted by molar-refractivity contribution is -0.354. The molecule has 3 aromatic rings. The smallest absolute Gasteiger partial charge is 0.274 e. The average molecular weight is 641 g/mol. The van der Waals surface area contributed by atoms with Gasteiger partial charge < -0.3 is 49.8 Å². The predicted octanol–water partition coefficient (Wildman–Crippen LogP) is 0.388. The third-order valence-corrected chi connectivity index (χ3v) is 7.82. The van der Waals surface area contributed by atoms with Crippen LogP contribution in [-0.4, -0.2) is 101 Å². The van der Waals surface area contributed by atoms with Gasteiger partial charge in [-0.05, 0) is 23.3 Å². The number of amides is 1. The molecule has 13 nitrogen and oxygen atoms in total. The first-order chi connectivity index (χ1) is 22.4. The van der Waals surface area contributed by atoms with Crippen LogP contribution in [-0.2, 0) is 41.7 Å². The number of rotatable bonds is 13. The largest absolute Gasteiger partial charge is 0.394 e. The molecule has 248 valence electrons. The van der Waals surface area contributed by atoms with Crippen molar-refractivity contribution in [3.05, 3.63) is 108 Å². The summed E-state index contributed by atoms with van der Waals surface area (Å²) in [5.41, 5.74) is 11.1. The number of hydroxylamine groups is 1. The minimum atomic E-state index is -1.69. The maximum atomic E-state index is 12.8. The van der Waals surface area contributed by atoms with Crippen LogP contribution >= 0.6 is 0 Å². The number of ether oxygens (including phenoxy) is 5. The standard InChI is InChI=1S/C33H40N2O11/c34-25-30(42-18-21-12-6-2-7-13-21)29(45-33-28(39)27(38)26(37)23(16-36)43-33)24(19-41-17-20-10-4-1-5-11-20)44-32(25)46-35-31(40)22-14-8-3-9-15-22/h1-15,23-30,32-33,36-39H,16-19,34H2,(H,35,40)/t23-,24-,25-,26+,27+,28-,29-,30-,32+,33+/m1/s1. The molecule has 0 radical (unpaired) electrons. The minimum Gasteiger partial charge on any atom is -0.394 e. The number of hydrogen-bond acceptors (Lipinski definition) is 12. The molecule has 2 aliphatic rings. The maximum Gasteiger partial charge on any atom is 0.274 e. The highest BCUT2D eigenvalue weighted by Gasteiger charge is 2.51. The van der Waals surface area contributed by atoms with Gasteiger partial charge in [0.1, 0.15) is 42.7 Å². The fraction of sp³-hybridized carbons (Fsp3) is 0.424. The zero-order valence-corrected chi connectivity index (χ0v) is 25.0. The Morgan fingerprint density at radius 3 is 1.96 bits per heavy atom. The fourth-order valence-electron chi connectivity index (χ4n) is 5.27. The second-order valence-electron chi connectivity index (χ2n) is 11.1. The summed E-state index contributed by atoms with van der Waals surface area (Å²) in [4.78, 5) is 18.4. The second-order valence-corrected chi connectivity index (χ2v) is 11.1. The number of nitrogens with one attached hydrogen (secondary N) is 1. The quantitative estimate of drug-likeness (QED) is 0.141. The predicted molar refractivity (Wildman–Crippen MR) is 161 cm³/mol. The lowest BCUT2D eigenvalue weighted by Crippen LogP contribution is -2.67. The summed E-state index contributed by atoms with van der Waals surface area (Å²) >= 11 is 0. The molecule has 5 rings (SSSR count). The molecule has 10 atom stereocenters. The molecule has 0 spiro atoms. The van der Waals surface area contributed by atoms with Crippen LogP contribution < -0.4 is 11.2 Å². The van der Waals surface area contributed by atoms with E-state index in [0.717, 1.165) is 11.1 Å². The molecule has 13 heteroatoms. The summed E-state index contributed by atoms with van der Waals surface area (Å²) in [6.07, 6.45) is -11.9. The topological polar surface area (TPSA) is 191 Å². The van der Waals surface area contributed by atoms with Crippen LogP contribution in [0.15, 0.2) is 91.0 Å². The third kappa shape index (κ3) is 8.53. The van der Waals surface area contributed by atoms with Crippen molar-refractivity contribution in [2.24, 2.45) is 5.73 Å². The zero-order chi connectivity index (χ0) is 32.5. The highest BCUT2D eigenvalue weighted by atomic mass is 16.8. The van der Waals surface area contributed by atoms with Gasteiger partial charge in [-0.2, -0.15) is 0 Å². The Morgan fingerprint density at radius 2 is 1.33 bits per heavy atom. The highest BCUT2D eigenvalue weighted by Crippen LogP contribution is 2.31. The van der Waals surface area contributed by atoms with Gasteiger partial charge in [0.25, 0.3) is 5.91 Å². The van der Waals surface area contributed by atoms with E-state index < -0.39 is 73.9 Å². The molecule has 7 N–H and O–H groups in total. The molecule has 0 aliphatic carbocycles. The van der Waals surface area contributed by atoms with E-state index in [1.165, 1.54) is 0 Å². The van der Waals surface area contributed by atoms with E-state index in [1.54, 1.807) is 30.3 Å². The molecule has 0 aromatic heterocycles. The average Bonchev–Trinajstić information content (AvgIpc) is 3.09. The van der Waals surface area contributed by atoms with Crippen LogP contribution in [0.5, 0.6) is 0 Å². The molecule has 2 fully saturated rings. The Bertz CT molecular complexity index is 1340. The van der Waals surface area contributed by atoms with Gasteiger partial charge in [0.15, 0.2) is 6.29 Å². The SMILES string of the molecule is N[C@H]1[C@H](ONC(=O)c2ccccc2)O[C@H](COCc2ccccc2)[C@@H](O[C@@H]2O[C@H](CO)[C@H](O)[C@H](O)[C@H]2O)[C@@H]1OCc1ccccc1. The van der Waals surface area contributed by atoms with Gasteiger partial charge in [-0.15, -0.1) is 0 Å². The molecule has 1 amide bonds. The summed E-state index contributed by atoms with van der Waals surface area (Å²) < 4.78 is 30.4. The number of carbonyl (C=O) groups excluding carboxylic acids is 1. The minimum absolute atomic E-state index is 0.0681. The Morgan fingerprint density at radius 1 is 0.739 bits per heavy atom. The van der Waals surface area contributed by atoms with Crippen LogP contribution in [0, 0.1) is 0 Å². The number of nitrogens with two attached hydrogens (primary N) is 1. The first-order valence-electron chi connectivity index (χ1n) is 15.0. The number of aliphatic hydroxyl groups is 4. The van der Waals surface area contributed by atoms with Crippen molar-refractivity contribution in [2.45, 2.75) is 74.6 Å². The van der Waals surface area contributed by atoms with E-state index in [-0.39, 0.29) is 19.8 Å². The monoisotopic (exact) mass is 640 g/mol. The molecular weight excluding hydrogens is 600 g/mol. The van der Waals surface area contributed by atoms with E-state index >= 15 is 0 Å². The number of benzene rings is 3. The van der Waals surface area contributed by atoms with Gasteiger partial charge in [-0.1, -0.05) is 78.9 Å². The summed E-state index contributed by atoms with van der Waals surface area (Å²) in [5, 5.41) is 41.2. The molecule has 0 bridgehead atoms. The van der Waals surface area contributed by atoms with Gasteiger partial charge in [-0.25, -0.2) is 10.3 Å². The Labute approximate surface area is 266 Å². The number of aliphatic hydroxyl groups excluding tert-OH is 4. The number of carbonyl (C=O) groups is 1. The van der Waals surface area contributed by atoms with Crippen LogP contribution in [0.2, 0.25) is 0 Å². The normalized spacial score (nSPS) is 31.3. The first kappa shape index (κ1) is 34.0. The fourth-order valence-corrected chi connectivity index (χ4v) is 5.27. The Kier molecular flexibility index (Phi) is 12.2. The van der Waals surface area contributed by atoms with Crippen LogP contribution in [0.25, 0.3) is 0 Å². The highest BCUT2D eigenvalue weighted by molar-refractivity contribution is 5.93. The zero-order valence-electron chi connectivity index (χ0n) is 25.0. The Balaban J connectivity index is 1.39. The lowest BCUT2D eigenvalue weighted by atomic mass is 9.95. The molecular formula is C33H40N2O11. The molecule has 0 saturated carbocycles. The Hall–Kier alpha value is -3.31.